The van der Waals surface area contributed by atoms with Gasteiger partial charge < -0.3 is 10.1 Å². The normalized spacial score (nSPS) is 11.9. The summed E-state index contributed by atoms with van der Waals surface area (Å²) in [5, 5.41) is 2.93. The number of benzene rings is 2. The van der Waals surface area contributed by atoms with E-state index in [1.54, 1.807) is 0 Å². The number of aryl methyl sites for hydroxylation is 3. The Morgan fingerprint density at radius 3 is 2.52 bits per heavy atom. The number of nitrogens with one attached hydrogen (secondary N) is 1. The molecule has 0 radical (unpaired) electrons. The smallest absolute Gasteiger partial charge is 0.265 e. The molecule has 0 bridgehead atoms. The predicted molar refractivity (Wildman–Crippen MR) is 98.1 cm³/mol. The first-order valence-corrected chi connectivity index (χ1v) is 8.51. The second-order valence-corrected chi connectivity index (χ2v) is 6.59. The van der Waals surface area contributed by atoms with E-state index < -0.39 is 6.10 Å². The van der Waals surface area contributed by atoms with Crippen LogP contribution in [0.1, 0.15) is 30.0 Å². The topological polar surface area (TPSA) is 38.3 Å². The highest BCUT2D eigenvalue weighted by atomic mass is 79.9. The van der Waals surface area contributed by atoms with Crippen molar-refractivity contribution in [3.63, 3.8) is 0 Å². The van der Waals surface area contributed by atoms with Gasteiger partial charge in [-0.25, -0.2) is 0 Å². The van der Waals surface area contributed by atoms with E-state index in [9.17, 15) is 4.79 Å². The summed E-state index contributed by atoms with van der Waals surface area (Å²) < 4.78 is 6.96. The van der Waals surface area contributed by atoms with Crippen molar-refractivity contribution in [2.75, 3.05) is 5.32 Å². The first-order valence-electron chi connectivity index (χ1n) is 7.71. The van der Waals surface area contributed by atoms with Crippen molar-refractivity contribution in [1.29, 1.82) is 0 Å². The summed E-state index contributed by atoms with van der Waals surface area (Å²) in [6.07, 6.45) is 0.0915. The highest BCUT2D eigenvalue weighted by Gasteiger charge is 2.19. The molecule has 4 heteroatoms. The zero-order chi connectivity index (χ0) is 17.0. The summed E-state index contributed by atoms with van der Waals surface area (Å²) >= 11 is 3.46. The molecule has 23 heavy (non-hydrogen) atoms. The molecule has 2 aromatic rings. The van der Waals surface area contributed by atoms with E-state index >= 15 is 0 Å². The average molecular weight is 376 g/mol. The molecule has 0 fully saturated rings. The third kappa shape index (κ3) is 4.58. The Bertz CT molecular complexity index is 713. The molecule has 1 amide bonds. The molecule has 2 aromatic carbocycles. The minimum absolute atomic E-state index is 0.130. The van der Waals surface area contributed by atoms with Crippen LogP contribution in [0.4, 0.5) is 5.69 Å². The van der Waals surface area contributed by atoms with Crippen molar-refractivity contribution in [1.82, 2.24) is 0 Å². The van der Waals surface area contributed by atoms with Crippen molar-refractivity contribution in [2.24, 2.45) is 0 Å². The van der Waals surface area contributed by atoms with Crippen molar-refractivity contribution in [3.05, 3.63) is 57.6 Å². The summed E-state index contributed by atoms with van der Waals surface area (Å²) in [6, 6.07) is 11.7. The molecule has 0 spiro atoms. The number of hydrogen-bond donors (Lipinski definition) is 1. The lowest BCUT2D eigenvalue weighted by Gasteiger charge is -2.19. The largest absolute Gasteiger partial charge is 0.480 e. The summed E-state index contributed by atoms with van der Waals surface area (Å²) in [7, 11) is 0. The molecule has 2 rings (SSSR count). The van der Waals surface area contributed by atoms with Crippen LogP contribution in [0.5, 0.6) is 5.75 Å². The van der Waals surface area contributed by atoms with Crippen LogP contribution in [0, 0.1) is 20.8 Å². The zero-order valence-corrected chi connectivity index (χ0v) is 15.5. The van der Waals surface area contributed by atoms with Crippen LogP contribution < -0.4 is 10.1 Å². The van der Waals surface area contributed by atoms with Gasteiger partial charge >= 0.3 is 0 Å². The SMILES string of the molecule is CC[C@H](Oc1cc(C)ccc1C)C(=O)Nc1ccc(Br)c(C)c1. The van der Waals surface area contributed by atoms with Gasteiger partial charge in [0, 0.05) is 10.2 Å². The fourth-order valence-corrected chi connectivity index (χ4v) is 2.50. The second-order valence-electron chi connectivity index (χ2n) is 5.74. The molecule has 3 nitrogen and oxygen atoms in total. The highest BCUT2D eigenvalue weighted by molar-refractivity contribution is 9.10. The maximum absolute atomic E-state index is 12.5. The Hall–Kier alpha value is -1.81. The third-order valence-electron chi connectivity index (χ3n) is 3.70. The van der Waals surface area contributed by atoms with E-state index in [4.69, 9.17) is 4.74 Å². The van der Waals surface area contributed by atoms with Crippen LogP contribution in [0.3, 0.4) is 0 Å². The molecule has 0 heterocycles. The van der Waals surface area contributed by atoms with Crippen molar-refractivity contribution in [3.8, 4) is 5.75 Å². The molecule has 1 N–H and O–H groups in total. The highest BCUT2D eigenvalue weighted by Crippen LogP contribution is 2.23. The molecule has 1 atom stereocenters. The molecule has 0 unspecified atom stereocenters. The van der Waals surface area contributed by atoms with E-state index in [-0.39, 0.29) is 5.91 Å². The van der Waals surface area contributed by atoms with Gasteiger partial charge in [-0.1, -0.05) is 35.0 Å². The van der Waals surface area contributed by atoms with Gasteiger partial charge in [0.15, 0.2) is 6.10 Å². The summed E-state index contributed by atoms with van der Waals surface area (Å²) in [6.45, 7) is 7.93. The number of ether oxygens (including phenoxy) is 1. The van der Waals surface area contributed by atoms with Crippen molar-refractivity contribution < 1.29 is 9.53 Å². The van der Waals surface area contributed by atoms with Gasteiger partial charge in [0.1, 0.15) is 5.75 Å². The van der Waals surface area contributed by atoms with E-state index in [2.05, 4.69) is 21.2 Å². The van der Waals surface area contributed by atoms with Gasteiger partial charge in [-0.15, -0.1) is 0 Å². The minimum Gasteiger partial charge on any atom is -0.480 e. The Morgan fingerprint density at radius 1 is 1.13 bits per heavy atom. The van der Waals surface area contributed by atoms with Gasteiger partial charge in [-0.3, -0.25) is 4.79 Å². The minimum atomic E-state index is -0.514. The third-order valence-corrected chi connectivity index (χ3v) is 4.59. The number of anilines is 1. The van der Waals surface area contributed by atoms with Crippen LogP contribution in [0.25, 0.3) is 0 Å². The Kier molecular flexibility index (Phi) is 5.83. The Morgan fingerprint density at radius 2 is 1.87 bits per heavy atom. The monoisotopic (exact) mass is 375 g/mol. The summed E-state index contributed by atoms with van der Waals surface area (Å²) in [5.74, 6) is 0.633. The molecule has 0 aromatic heterocycles. The van der Waals surface area contributed by atoms with Gasteiger partial charge in [-0.2, -0.15) is 0 Å². The van der Waals surface area contributed by atoms with E-state index in [1.807, 2.05) is 64.1 Å². The lowest BCUT2D eigenvalue weighted by Crippen LogP contribution is -2.32. The number of halogens is 1. The number of hydrogen-bond acceptors (Lipinski definition) is 2. The number of amides is 1. The maximum atomic E-state index is 12.5. The lowest BCUT2D eigenvalue weighted by atomic mass is 10.1. The lowest BCUT2D eigenvalue weighted by molar-refractivity contribution is -0.122. The number of carbonyl (C=O) groups excluding carboxylic acids is 1. The Labute approximate surface area is 146 Å². The molecular weight excluding hydrogens is 354 g/mol. The standard InChI is InChI=1S/C19H22BrNO2/c1-5-17(23-18-10-12(2)6-7-13(18)3)19(22)21-15-8-9-16(20)14(4)11-15/h6-11,17H,5H2,1-4H3,(H,21,22)/t17-/m0/s1. The van der Waals surface area contributed by atoms with Crippen LogP contribution in [0.15, 0.2) is 40.9 Å². The fraction of sp³-hybridized carbons (Fsp3) is 0.316. The molecule has 122 valence electrons. The summed E-state index contributed by atoms with van der Waals surface area (Å²) in [4.78, 5) is 12.5. The number of carbonyl (C=O) groups is 1. The van der Waals surface area contributed by atoms with E-state index in [0.29, 0.717) is 6.42 Å². The molecule has 0 aliphatic carbocycles. The first-order chi connectivity index (χ1) is 10.9. The van der Waals surface area contributed by atoms with Crippen LogP contribution in [-0.2, 0) is 4.79 Å². The molecule has 0 aliphatic heterocycles. The Balaban J connectivity index is 2.11. The van der Waals surface area contributed by atoms with E-state index in [0.717, 1.165) is 32.6 Å². The van der Waals surface area contributed by atoms with Crippen LogP contribution in [-0.4, -0.2) is 12.0 Å². The van der Waals surface area contributed by atoms with Crippen molar-refractivity contribution in [2.45, 2.75) is 40.2 Å². The van der Waals surface area contributed by atoms with Gasteiger partial charge in [0.2, 0.25) is 0 Å². The summed E-state index contributed by atoms with van der Waals surface area (Å²) in [5.41, 5.74) is 4.00. The van der Waals surface area contributed by atoms with Crippen molar-refractivity contribution >= 4 is 27.5 Å². The average Bonchev–Trinajstić information content (AvgIpc) is 2.51. The van der Waals surface area contributed by atoms with E-state index in [1.165, 1.54) is 0 Å². The molecular formula is C19H22BrNO2. The fourth-order valence-electron chi connectivity index (χ4n) is 2.25. The molecule has 0 saturated carbocycles. The predicted octanol–water partition coefficient (Wildman–Crippen LogP) is 5.17. The van der Waals surface area contributed by atoms with Crippen LogP contribution >= 0.6 is 15.9 Å². The van der Waals surface area contributed by atoms with Gasteiger partial charge in [0.25, 0.3) is 5.91 Å². The molecule has 0 saturated heterocycles. The van der Waals surface area contributed by atoms with Gasteiger partial charge in [0.05, 0.1) is 0 Å². The first kappa shape index (κ1) is 17.5. The maximum Gasteiger partial charge on any atom is 0.265 e. The quantitative estimate of drug-likeness (QED) is 0.782. The van der Waals surface area contributed by atoms with Gasteiger partial charge in [-0.05, 0) is 68.1 Å². The number of rotatable bonds is 5. The molecule has 0 aliphatic rings. The zero-order valence-electron chi connectivity index (χ0n) is 13.9. The second kappa shape index (κ2) is 7.64. The van der Waals surface area contributed by atoms with Crippen LogP contribution in [0.2, 0.25) is 0 Å².